The number of nitrogens with zero attached hydrogens (tertiary/aromatic N) is 3. The van der Waals surface area contributed by atoms with Crippen LogP contribution in [0.5, 0.6) is 11.5 Å². The Kier molecular flexibility index (Phi) is 8.05. The van der Waals surface area contributed by atoms with Gasteiger partial charge in [-0.2, -0.15) is 0 Å². The largest absolute Gasteiger partial charge is 0.497 e. The van der Waals surface area contributed by atoms with Gasteiger partial charge in [0.25, 0.3) is 10.0 Å². The van der Waals surface area contributed by atoms with Gasteiger partial charge in [-0.1, -0.05) is 18.2 Å². The molecule has 0 bridgehead atoms. The van der Waals surface area contributed by atoms with Crippen molar-refractivity contribution in [3.63, 3.8) is 0 Å². The number of nitrogens with one attached hydrogen (secondary N) is 3. The molecule has 0 spiro atoms. The van der Waals surface area contributed by atoms with Crippen LogP contribution in [0.25, 0.3) is 11.0 Å². The van der Waals surface area contributed by atoms with Crippen LogP contribution in [0.15, 0.2) is 94.4 Å². The summed E-state index contributed by atoms with van der Waals surface area (Å²) in [6.07, 6.45) is 1.53. The van der Waals surface area contributed by atoms with Crippen molar-refractivity contribution in [2.75, 3.05) is 42.2 Å². The predicted molar refractivity (Wildman–Crippen MR) is 166 cm³/mol. The minimum Gasteiger partial charge on any atom is -0.497 e. The van der Waals surface area contributed by atoms with Crippen molar-refractivity contribution in [2.45, 2.75) is 11.4 Å². The number of rotatable bonds is 11. The number of carbonyl (C=O) groups excluding carboxylic acids is 1. The summed E-state index contributed by atoms with van der Waals surface area (Å²) in [5.41, 5.74) is 2.03. The van der Waals surface area contributed by atoms with Crippen molar-refractivity contribution < 1.29 is 27.1 Å². The first kappa shape index (κ1) is 29.0. The van der Waals surface area contributed by atoms with Gasteiger partial charge in [-0.25, -0.2) is 18.4 Å². The van der Waals surface area contributed by atoms with Gasteiger partial charge in [0.15, 0.2) is 11.6 Å². The van der Waals surface area contributed by atoms with E-state index in [0.717, 1.165) is 0 Å². The van der Waals surface area contributed by atoms with E-state index >= 15 is 0 Å². The standard InChI is InChI=1S/C31H30N6O6S/c1-41-24-13-21(14-25(16-24)42-2)33-29-30(35-28-11-4-3-10-27(28)34-29)36-44(39,40)26-9-5-7-22(15-26)37(19-23-8-6-12-43-23)31(38)20-17-32-18-20/h3-16,20,32H,17-19H2,1-2H3,(H,33,34)(H,35,36). The van der Waals surface area contributed by atoms with E-state index in [4.69, 9.17) is 13.9 Å². The zero-order valence-electron chi connectivity index (χ0n) is 24.0. The van der Waals surface area contributed by atoms with E-state index in [-0.39, 0.29) is 34.9 Å². The van der Waals surface area contributed by atoms with Gasteiger partial charge < -0.3 is 29.4 Å². The Balaban J connectivity index is 1.35. The smallest absolute Gasteiger partial charge is 0.263 e. The lowest BCUT2D eigenvalue weighted by Crippen LogP contribution is -2.52. The van der Waals surface area contributed by atoms with Gasteiger partial charge >= 0.3 is 0 Å². The lowest BCUT2D eigenvalue weighted by atomic mass is 10.0. The molecule has 44 heavy (non-hydrogen) atoms. The number of para-hydroxylation sites is 2. The van der Waals surface area contributed by atoms with Crippen LogP contribution in [0.4, 0.5) is 23.0 Å². The molecule has 2 aromatic heterocycles. The molecule has 0 aliphatic carbocycles. The number of carbonyl (C=O) groups is 1. The van der Waals surface area contributed by atoms with Gasteiger partial charge in [0.05, 0.1) is 48.9 Å². The first-order valence-electron chi connectivity index (χ1n) is 13.8. The van der Waals surface area contributed by atoms with Crippen LogP contribution in [0.3, 0.4) is 0 Å². The van der Waals surface area contributed by atoms with Gasteiger partial charge in [0, 0.05) is 42.7 Å². The van der Waals surface area contributed by atoms with E-state index in [2.05, 4.69) is 25.3 Å². The topological polar surface area (TPSA) is 148 Å². The molecule has 13 heteroatoms. The Morgan fingerprint density at radius 2 is 1.64 bits per heavy atom. The minimum absolute atomic E-state index is 0.0139. The summed E-state index contributed by atoms with van der Waals surface area (Å²) in [7, 11) is -1.12. The highest BCUT2D eigenvalue weighted by Crippen LogP contribution is 2.32. The molecular weight excluding hydrogens is 584 g/mol. The third-order valence-corrected chi connectivity index (χ3v) is 8.48. The van der Waals surface area contributed by atoms with Gasteiger partial charge in [-0.15, -0.1) is 0 Å². The second kappa shape index (κ2) is 12.2. The fourth-order valence-corrected chi connectivity index (χ4v) is 5.77. The third kappa shape index (κ3) is 6.14. The highest BCUT2D eigenvalue weighted by molar-refractivity contribution is 7.92. The molecule has 1 aliphatic rings. The molecule has 6 rings (SSSR count). The fraction of sp³-hybridized carbons (Fsp3) is 0.194. The summed E-state index contributed by atoms with van der Waals surface area (Å²) in [6.45, 7) is 1.28. The fourth-order valence-electron chi connectivity index (χ4n) is 4.72. The van der Waals surface area contributed by atoms with E-state index in [1.54, 1.807) is 65.6 Å². The summed E-state index contributed by atoms with van der Waals surface area (Å²) in [5.74, 6) is 1.47. The van der Waals surface area contributed by atoms with Crippen molar-refractivity contribution in [3.8, 4) is 11.5 Å². The lowest BCUT2D eigenvalue weighted by molar-refractivity contribution is -0.124. The van der Waals surface area contributed by atoms with Crippen LogP contribution in [-0.2, 0) is 21.4 Å². The van der Waals surface area contributed by atoms with Gasteiger partial charge in [-0.05, 0) is 42.5 Å². The number of anilines is 4. The number of benzene rings is 3. The summed E-state index contributed by atoms with van der Waals surface area (Å²) < 4.78 is 46.5. The van der Waals surface area contributed by atoms with Crippen LogP contribution in [0.2, 0.25) is 0 Å². The summed E-state index contributed by atoms with van der Waals surface area (Å²) in [6, 6.07) is 22.0. The van der Waals surface area contributed by atoms with Crippen molar-refractivity contribution in [3.05, 3.63) is 90.9 Å². The monoisotopic (exact) mass is 614 g/mol. The third-order valence-electron chi connectivity index (χ3n) is 7.15. The number of hydrogen-bond acceptors (Lipinski definition) is 10. The highest BCUT2D eigenvalue weighted by atomic mass is 32.2. The number of furan rings is 1. The molecule has 3 N–H and O–H groups in total. The first-order valence-corrected chi connectivity index (χ1v) is 15.3. The number of fused-ring (bicyclic) bond motifs is 1. The minimum atomic E-state index is -4.19. The van der Waals surface area contributed by atoms with E-state index in [1.165, 1.54) is 32.6 Å². The van der Waals surface area contributed by atoms with Crippen LogP contribution in [0, 0.1) is 5.92 Å². The van der Waals surface area contributed by atoms with E-state index in [1.807, 2.05) is 6.07 Å². The molecule has 12 nitrogen and oxygen atoms in total. The van der Waals surface area contributed by atoms with Gasteiger partial charge in [0.1, 0.15) is 17.3 Å². The summed E-state index contributed by atoms with van der Waals surface area (Å²) in [5, 5.41) is 6.26. The summed E-state index contributed by atoms with van der Waals surface area (Å²) >= 11 is 0. The van der Waals surface area contributed by atoms with Gasteiger partial charge in [0.2, 0.25) is 5.91 Å². The lowest BCUT2D eigenvalue weighted by Gasteiger charge is -2.32. The molecule has 0 saturated carbocycles. The molecule has 1 saturated heterocycles. The summed E-state index contributed by atoms with van der Waals surface area (Å²) in [4.78, 5) is 24.1. The van der Waals surface area contributed by atoms with Gasteiger partial charge in [-0.3, -0.25) is 9.52 Å². The second-order valence-corrected chi connectivity index (χ2v) is 11.8. The molecule has 1 amide bonds. The van der Waals surface area contributed by atoms with Crippen LogP contribution in [-0.4, -0.2) is 51.6 Å². The number of aromatic nitrogens is 2. The van der Waals surface area contributed by atoms with Crippen molar-refractivity contribution in [1.82, 2.24) is 15.3 Å². The molecule has 1 aliphatic heterocycles. The average Bonchev–Trinajstić information content (AvgIpc) is 3.52. The number of hydrogen-bond donors (Lipinski definition) is 3. The van der Waals surface area contributed by atoms with E-state index < -0.39 is 10.0 Å². The van der Waals surface area contributed by atoms with Crippen molar-refractivity contribution >= 4 is 50.0 Å². The maximum absolute atomic E-state index is 13.8. The molecule has 3 aromatic carbocycles. The van der Waals surface area contributed by atoms with Crippen LogP contribution in [0.1, 0.15) is 5.76 Å². The Morgan fingerprint density at radius 3 is 2.25 bits per heavy atom. The number of ether oxygens (including phenoxy) is 2. The molecule has 0 radical (unpaired) electrons. The SMILES string of the molecule is COc1cc(Nc2nc3ccccc3nc2NS(=O)(=O)c2cccc(N(Cc3ccco3)C(=O)C3CNC3)c2)cc(OC)c1. The molecule has 1 fully saturated rings. The molecule has 3 heterocycles. The molecular formula is C31H30N6O6S. The van der Waals surface area contributed by atoms with E-state index in [0.29, 0.717) is 52.8 Å². The number of methoxy groups -OCH3 is 2. The average molecular weight is 615 g/mol. The predicted octanol–water partition coefficient (Wildman–Crippen LogP) is 4.54. The normalized spacial score (nSPS) is 13.2. The maximum atomic E-state index is 13.8. The molecule has 0 unspecified atom stereocenters. The Bertz CT molecular complexity index is 1890. The zero-order chi connectivity index (χ0) is 30.7. The van der Waals surface area contributed by atoms with Crippen molar-refractivity contribution in [1.29, 1.82) is 0 Å². The first-order chi connectivity index (χ1) is 21.3. The molecule has 0 atom stereocenters. The Morgan fingerprint density at radius 1 is 0.932 bits per heavy atom. The van der Waals surface area contributed by atoms with Crippen LogP contribution < -0.4 is 29.7 Å². The van der Waals surface area contributed by atoms with E-state index in [9.17, 15) is 13.2 Å². The maximum Gasteiger partial charge on any atom is 0.263 e. The quantitative estimate of drug-likeness (QED) is 0.194. The Hall–Kier alpha value is -5.14. The molecule has 226 valence electrons. The zero-order valence-corrected chi connectivity index (χ0v) is 24.8. The Labute approximate surface area is 254 Å². The highest BCUT2D eigenvalue weighted by Gasteiger charge is 2.31. The molecule has 5 aromatic rings. The van der Waals surface area contributed by atoms with Crippen LogP contribution >= 0.6 is 0 Å². The number of sulfonamides is 1. The van der Waals surface area contributed by atoms with Crippen molar-refractivity contribution in [2.24, 2.45) is 5.92 Å². The number of amides is 1. The second-order valence-electron chi connectivity index (χ2n) is 10.1.